The van der Waals surface area contributed by atoms with E-state index in [0.29, 0.717) is 0 Å². The summed E-state index contributed by atoms with van der Waals surface area (Å²) in [7, 11) is -3.35. The predicted octanol–water partition coefficient (Wildman–Crippen LogP) is 0.400. The molecule has 0 saturated heterocycles. The fraction of sp³-hybridized carbons (Fsp3) is 0.455. The molecule has 3 N–H and O–H groups in total. The second-order valence-electron chi connectivity index (χ2n) is 3.99. The summed E-state index contributed by atoms with van der Waals surface area (Å²) in [5, 5.41) is 8.14. The highest BCUT2D eigenvalue weighted by Crippen LogP contribution is 2.19. The summed E-state index contributed by atoms with van der Waals surface area (Å²) in [5.41, 5.74) is 7.64. The van der Waals surface area contributed by atoms with Crippen molar-refractivity contribution in [3.8, 4) is 0 Å². The first-order valence-electron chi connectivity index (χ1n) is 4.98. The first kappa shape index (κ1) is 13.2. The first-order valence-corrected chi connectivity index (χ1v) is 6.93. The van der Waals surface area contributed by atoms with Gasteiger partial charge in [0.25, 0.3) is 0 Å². The minimum Gasteiger partial charge on any atom is -0.395 e. The number of aryl methyl sites for hydroxylation is 1. The number of hydrogen-bond acceptors (Lipinski definition) is 4. The van der Waals surface area contributed by atoms with Crippen LogP contribution in [0, 0.1) is 6.92 Å². The van der Waals surface area contributed by atoms with Gasteiger partial charge < -0.3 is 10.8 Å². The molecule has 1 aromatic rings. The third-order valence-electron chi connectivity index (χ3n) is 2.59. The molecule has 4 nitrogen and oxygen atoms in total. The quantitative estimate of drug-likeness (QED) is 0.802. The van der Waals surface area contributed by atoms with E-state index in [9.17, 15) is 8.42 Å². The van der Waals surface area contributed by atoms with Crippen molar-refractivity contribution in [2.24, 2.45) is 5.73 Å². The van der Waals surface area contributed by atoms with Crippen LogP contribution in [0.5, 0.6) is 0 Å². The molecule has 1 rings (SSSR count). The molecule has 5 heteroatoms. The molecule has 0 amide bonds. The standard InChI is InChI=1S/C11H17NO3S/c1-8-3-5-9(6-4-8)11(12)10(7-13)16(2,14)15/h3-6,10-11,13H,7,12H2,1-2H3/t10-,11+/m0/s1. The van der Waals surface area contributed by atoms with Crippen LogP contribution in [0.1, 0.15) is 17.2 Å². The van der Waals surface area contributed by atoms with Gasteiger partial charge in [0, 0.05) is 12.3 Å². The van der Waals surface area contributed by atoms with Crippen molar-refractivity contribution in [2.75, 3.05) is 12.9 Å². The minimum absolute atomic E-state index is 0.464. The number of sulfone groups is 1. The summed E-state index contributed by atoms with van der Waals surface area (Å²) >= 11 is 0. The maximum absolute atomic E-state index is 11.4. The number of aliphatic hydroxyl groups excluding tert-OH is 1. The summed E-state index contributed by atoms with van der Waals surface area (Å²) in [5.74, 6) is 0. The van der Waals surface area contributed by atoms with Gasteiger partial charge in [0.05, 0.1) is 6.61 Å². The Morgan fingerprint density at radius 1 is 1.31 bits per heavy atom. The van der Waals surface area contributed by atoms with Crippen molar-refractivity contribution >= 4 is 9.84 Å². The molecular formula is C11H17NO3S. The SMILES string of the molecule is Cc1ccc([C@@H](N)[C@H](CO)S(C)(=O)=O)cc1. The van der Waals surface area contributed by atoms with E-state index in [1.807, 2.05) is 19.1 Å². The molecule has 0 radical (unpaired) electrons. The molecular weight excluding hydrogens is 226 g/mol. The summed E-state index contributed by atoms with van der Waals surface area (Å²) in [6.45, 7) is 1.48. The molecule has 0 aliphatic carbocycles. The third kappa shape index (κ3) is 3.04. The van der Waals surface area contributed by atoms with Gasteiger partial charge in [0.1, 0.15) is 5.25 Å². The Kier molecular flexibility index (Phi) is 4.07. The van der Waals surface area contributed by atoms with Crippen LogP contribution in [0.15, 0.2) is 24.3 Å². The van der Waals surface area contributed by atoms with Crippen LogP contribution < -0.4 is 5.73 Å². The Hall–Kier alpha value is -0.910. The van der Waals surface area contributed by atoms with Gasteiger partial charge in [-0.1, -0.05) is 29.8 Å². The lowest BCUT2D eigenvalue weighted by Gasteiger charge is -2.20. The zero-order chi connectivity index (χ0) is 12.3. The highest BCUT2D eigenvalue weighted by Gasteiger charge is 2.27. The predicted molar refractivity (Wildman–Crippen MR) is 63.8 cm³/mol. The Morgan fingerprint density at radius 3 is 2.19 bits per heavy atom. The van der Waals surface area contributed by atoms with Crippen molar-refractivity contribution in [1.29, 1.82) is 0 Å². The first-order chi connectivity index (χ1) is 7.36. The molecule has 90 valence electrons. The number of hydrogen-bond donors (Lipinski definition) is 2. The monoisotopic (exact) mass is 243 g/mol. The van der Waals surface area contributed by atoms with E-state index >= 15 is 0 Å². The van der Waals surface area contributed by atoms with E-state index in [4.69, 9.17) is 10.8 Å². The molecule has 0 unspecified atom stereocenters. The van der Waals surface area contributed by atoms with Crippen molar-refractivity contribution in [2.45, 2.75) is 18.2 Å². The fourth-order valence-corrected chi connectivity index (χ4v) is 2.48. The summed E-state index contributed by atoms with van der Waals surface area (Å²) in [6.07, 6.45) is 1.09. The maximum Gasteiger partial charge on any atom is 0.154 e. The normalized spacial score (nSPS) is 15.8. The molecule has 1 aromatic carbocycles. The smallest absolute Gasteiger partial charge is 0.154 e. The van der Waals surface area contributed by atoms with Gasteiger partial charge >= 0.3 is 0 Å². The Balaban J connectivity index is 3.00. The van der Waals surface area contributed by atoms with Gasteiger partial charge in [0.15, 0.2) is 9.84 Å². The molecule has 0 saturated carbocycles. The maximum atomic E-state index is 11.4. The average molecular weight is 243 g/mol. The lowest BCUT2D eigenvalue weighted by molar-refractivity contribution is 0.278. The molecule has 0 aliphatic rings. The minimum atomic E-state index is -3.35. The molecule has 0 bridgehead atoms. The van der Waals surface area contributed by atoms with Crippen molar-refractivity contribution < 1.29 is 13.5 Å². The van der Waals surface area contributed by atoms with E-state index in [2.05, 4.69) is 0 Å². The molecule has 0 spiro atoms. The van der Waals surface area contributed by atoms with Gasteiger partial charge in [0.2, 0.25) is 0 Å². The van der Waals surface area contributed by atoms with Crippen LogP contribution in [0.4, 0.5) is 0 Å². The van der Waals surface area contributed by atoms with Gasteiger partial charge in [-0.25, -0.2) is 8.42 Å². The van der Waals surface area contributed by atoms with Crippen LogP contribution in [0.3, 0.4) is 0 Å². The molecule has 0 aromatic heterocycles. The molecule has 0 fully saturated rings. The lowest BCUT2D eigenvalue weighted by atomic mass is 10.0. The summed E-state index contributed by atoms with van der Waals surface area (Å²) in [6, 6.07) is 6.61. The average Bonchev–Trinajstić information content (AvgIpc) is 2.17. The number of nitrogens with two attached hydrogens (primary N) is 1. The molecule has 2 atom stereocenters. The van der Waals surface area contributed by atoms with Crippen LogP contribution in [-0.4, -0.2) is 31.6 Å². The van der Waals surface area contributed by atoms with Crippen LogP contribution >= 0.6 is 0 Å². The highest BCUT2D eigenvalue weighted by molar-refractivity contribution is 7.91. The summed E-state index contributed by atoms with van der Waals surface area (Å²) < 4.78 is 22.8. The number of rotatable bonds is 4. The van der Waals surface area contributed by atoms with E-state index in [0.717, 1.165) is 17.4 Å². The lowest BCUT2D eigenvalue weighted by Crippen LogP contribution is -2.36. The van der Waals surface area contributed by atoms with Crippen LogP contribution in [0.2, 0.25) is 0 Å². The van der Waals surface area contributed by atoms with E-state index in [1.54, 1.807) is 12.1 Å². The van der Waals surface area contributed by atoms with Gasteiger partial charge in [-0.05, 0) is 12.5 Å². The number of aliphatic hydroxyl groups is 1. The zero-order valence-electron chi connectivity index (χ0n) is 9.42. The van der Waals surface area contributed by atoms with E-state index < -0.39 is 27.7 Å². The van der Waals surface area contributed by atoms with E-state index in [1.165, 1.54) is 0 Å². The number of benzene rings is 1. The van der Waals surface area contributed by atoms with Crippen molar-refractivity contribution in [1.82, 2.24) is 0 Å². The van der Waals surface area contributed by atoms with Crippen molar-refractivity contribution in [3.05, 3.63) is 35.4 Å². The Labute approximate surface area is 96.0 Å². The zero-order valence-corrected chi connectivity index (χ0v) is 10.2. The molecule has 0 aliphatic heterocycles. The Bertz CT molecular complexity index is 439. The molecule has 16 heavy (non-hydrogen) atoms. The highest BCUT2D eigenvalue weighted by atomic mass is 32.2. The third-order valence-corrected chi connectivity index (χ3v) is 4.13. The largest absolute Gasteiger partial charge is 0.395 e. The Morgan fingerprint density at radius 2 is 1.81 bits per heavy atom. The second kappa shape index (κ2) is 4.95. The topological polar surface area (TPSA) is 80.4 Å². The summed E-state index contributed by atoms with van der Waals surface area (Å²) in [4.78, 5) is 0. The van der Waals surface area contributed by atoms with Crippen LogP contribution in [-0.2, 0) is 9.84 Å². The van der Waals surface area contributed by atoms with Gasteiger partial charge in [-0.2, -0.15) is 0 Å². The van der Waals surface area contributed by atoms with Gasteiger partial charge in [-0.3, -0.25) is 0 Å². The van der Waals surface area contributed by atoms with Gasteiger partial charge in [-0.15, -0.1) is 0 Å². The van der Waals surface area contributed by atoms with Crippen LogP contribution in [0.25, 0.3) is 0 Å². The molecule has 0 heterocycles. The fourth-order valence-electron chi connectivity index (χ4n) is 1.52. The van der Waals surface area contributed by atoms with E-state index in [-0.39, 0.29) is 0 Å². The second-order valence-corrected chi connectivity index (χ2v) is 6.25. The van der Waals surface area contributed by atoms with Crippen molar-refractivity contribution in [3.63, 3.8) is 0 Å².